The highest BCUT2D eigenvalue weighted by molar-refractivity contribution is 6.31. The molecule has 0 bridgehead atoms. The van der Waals surface area contributed by atoms with Crippen molar-refractivity contribution in [2.24, 2.45) is 0 Å². The van der Waals surface area contributed by atoms with E-state index in [1.807, 2.05) is 0 Å². The quantitative estimate of drug-likeness (QED) is 0.855. The molecule has 0 unspecified atom stereocenters. The third kappa shape index (κ3) is 2.80. The first-order chi connectivity index (χ1) is 7.47. The van der Waals surface area contributed by atoms with Crippen molar-refractivity contribution >= 4 is 29.2 Å². The van der Waals surface area contributed by atoms with Gasteiger partial charge in [0, 0.05) is 11.8 Å². The molecule has 0 atom stereocenters. The molecule has 0 aliphatic rings. The van der Waals surface area contributed by atoms with Gasteiger partial charge in [0.2, 0.25) is 0 Å². The molecule has 0 saturated heterocycles. The van der Waals surface area contributed by atoms with Gasteiger partial charge in [-0.1, -0.05) is 11.6 Å². The van der Waals surface area contributed by atoms with Gasteiger partial charge in [-0.2, -0.15) is 0 Å². The van der Waals surface area contributed by atoms with Crippen LogP contribution in [-0.4, -0.2) is 16.1 Å². The number of hydrogen-bond donors (Lipinski definition) is 1. The number of hydrogen-bond acceptors (Lipinski definition) is 2. The lowest BCUT2D eigenvalue weighted by atomic mass is 10.0. The summed E-state index contributed by atoms with van der Waals surface area (Å²) in [5.74, 6) is -1.46. The van der Waals surface area contributed by atoms with E-state index < -0.39 is 24.4 Å². The van der Waals surface area contributed by atoms with Crippen LogP contribution in [0.3, 0.4) is 0 Å². The van der Waals surface area contributed by atoms with Crippen LogP contribution in [0.15, 0.2) is 6.20 Å². The number of carboxylic acids is 1. The number of carboxylic acid groups (broad SMARTS) is 1. The minimum absolute atomic E-state index is 0.0442. The molecule has 3 nitrogen and oxygen atoms in total. The minimum Gasteiger partial charge on any atom is -0.481 e. The first-order valence-corrected chi connectivity index (χ1v) is 5.10. The Morgan fingerprint density at radius 1 is 1.56 bits per heavy atom. The Morgan fingerprint density at radius 2 is 2.19 bits per heavy atom. The summed E-state index contributed by atoms with van der Waals surface area (Å²) in [7, 11) is 0. The molecule has 0 spiro atoms. The normalized spacial score (nSPS) is 10.8. The number of aliphatic carboxylic acids is 1. The molecule has 16 heavy (non-hydrogen) atoms. The lowest BCUT2D eigenvalue weighted by Gasteiger charge is -2.12. The van der Waals surface area contributed by atoms with Gasteiger partial charge in [-0.25, -0.2) is 8.78 Å². The summed E-state index contributed by atoms with van der Waals surface area (Å²) in [6, 6.07) is 0. The number of alkyl halides is 3. The maximum atomic E-state index is 12.8. The Balaban J connectivity index is 3.35. The van der Waals surface area contributed by atoms with Crippen molar-refractivity contribution in [3.63, 3.8) is 0 Å². The monoisotopic (exact) mass is 269 g/mol. The van der Waals surface area contributed by atoms with Gasteiger partial charge in [0.1, 0.15) is 0 Å². The summed E-state index contributed by atoms with van der Waals surface area (Å²) in [6.45, 7) is 0. The average Bonchev–Trinajstić information content (AvgIpc) is 2.19. The molecule has 7 heteroatoms. The summed E-state index contributed by atoms with van der Waals surface area (Å²) in [6.07, 6.45) is -2.30. The van der Waals surface area contributed by atoms with Crippen LogP contribution < -0.4 is 0 Å². The van der Waals surface area contributed by atoms with Gasteiger partial charge in [-0.3, -0.25) is 9.78 Å². The second-order valence-corrected chi connectivity index (χ2v) is 3.62. The van der Waals surface area contributed by atoms with Crippen molar-refractivity contribution in [1.29, 1.82) is 0 Å². The summed E-state index contributed by atoms with van der Waals surface area (Å²) in [4.78, 5) is 14.2. The van der Waals surface area contributed by atoms with Crippen molar-refractivity contribution in [2.75, 3.05) is 0 Å². The van der Waals surface area contributed by atoms with Crippen LogP contribution in [0.25, 0.3) is 0 Å². The van der Waals surface area contributed by atoms with Gasteiger partial charge in [0.05, 0.1) is 23.0 Å². The molecule has 0 aliphatic heterocycles. The molecule has 0 fully saturated rings. The van der Waals surface area contributed by atoms with E-state index in [-0.39, 0.29) is 22.2 Å². The standard InChI is InChI=1S/C9H7Cl2F2NO2/c10-2-6-8(9(12)13)4(1-7(15)16)5(11)3-14-6/h3,9H,1-2H2,(H,15,16). The van der Waals surface area contributed by atoms with Crippen LogP contribution in [0.5, 0.6) is 0 Å². The van der Waals surface area contributed by atoms with E-state index in [2.05, 4.69) is 4.98 Å². The van der Waals surface area contributed by atoms with Crippen LogP contribution >= 0.6 is 23.2 Å². The molecule has 0 amide bonds. The fourth-order valence-electron chi connectivity index (χ4n) is 1.28. The molecule has 1 aromatic heterocycles. The Kier molecular flexibility index (Phi) is 4.44. The zero-order chi connectivity index (χ0) is 12.3. The highest BCUT2D eigenvalue weighted by Crippen LogP contribution is 2.31. The SMILES string of the molecule is O=C(O)Cc1c(Cl)cnc(CCl)c1C(F)F. The third-order valence-corrected chi connectivity index (χ3v) is 2.51. The molecule has 1 N–H and O–H groups in total. The second-order valence-electron chi connectivity index (χ2n) is 2.95. The van der Waals surface area contributed by atoms with Gasteiger partial charge >= 0.3 is 5.97 Å². The second kappa shape index (κ2) is 5.41. The molecule has 1 aromatic rings. The van der Waals surface area contributed by atoms with Crippen LogP contribution in [0, 0.1) is 0 Å². The fraction of sp³-hybridized carbons (Fsp3) is 0.333. The lowest BCUT2D eigenvalue weighted by molar-refractivity contribution is -0.136. The zero-order valence-corrected chi connectivity index (χ0v) is 9.40. The van der Waals surface area contributed by atoms with Crippen LogP contribution in [-0.2, 0) is 17.1 Å². The van der Waals surface area contributed by atoms with Gasteiger partial charge < -0.3 is 5.11 Å². The number of carbonyl (C=O) groups is 1. The molecule has 0 aliphatic carbocycles. The number of halogens is 4. The fourth-order valence-corrected chi connectivity index (χ4v) is 1.71. The number of rotatable bonds is 4. The maximum absolute atomic E-state index is 12.8. The van der Waals surface area contributed by atoms with Crippen molar-refractivity contribution in [2.45, 2.75) is 18.7 Å². The minimum atomic E-state index is -2.85. The Morgan fingerprint density at radius 3 is 2.62 bits per heavy atom. The molecule has 0 aromatic carbocycles. The van der Waals surface area contributed by atoms with Crippen molar-refractivity contribution < 1.29 is 18.7 Å². The summed E-state index contributed by atoms with van der Waals surface area (Å²) < 4.78 is 25.5. The largest absolute Gasteiger partial charge is 0.481 e. The first-order valence-electron chi connectivity index (χ1n) is 4.19. The van der Waals surface area contributed by atoms with E-state index >= 15 is 0 Å². The topological polar surface area (TPSA) is 50.2 Å². The Labute approximate surface area is 100 Å². The van der Waals surface area contributed by atoms with Gasteiger partial charge in [0.25, 0.3) is 6.43 Å². The van der Waals surface area contributed by atoms with E-state index in [0.717, 1.165) is 6.20 Å². The highest BCUT2D eigenvalue weighted by atomic mass is 35.5. The summed E-state index contributed by atoms with van der Waals surface area (Å²) in [5, 5.41) is 8.51. The third-order valence-electron chi connectivity index (χ3n) is 1.93. The first kappa shape index (κ1) is 13.1. The molecule has 1 heterocycles. The Hall–Kier alpha value is -0.940. The zero-order valence-electron chi connectivity index (χ0n) is 7.88. The van der Waals surface area contributed by atoms with E-state index in [1.54, 1.807) is 0 Å². The van der Waals surface area contributed by atoms with Crippen molar-refractivity contribution in [3.05, 3.63) is 28.0 Å². The Bertz CT molecular complexity index is 413. The lowest BCUT2D eigenvalue weighted by Crippen LogP contribution is -2.08. The molecular formula is C9H7Cl2F2NO2. The average molecular weight is 270 g/mol. The van der Waals surface area contributed by atoms with Gasteiger partial charge in [-0.05, 0) is 5.56 Å². The maximum Gasteiger partial charge on any atom is 0.307 e. The van der Waals surface area contributed by atoms with Gasteiger partial charge in [0.15, 0.2) is 0 Å². The number of aromatic nitrogens is 1. The highest BCUT2D eigenvalue weighted by Gasteiger charge is 2.22. The number of pyridine rings is 1. The van der Waals surface area contributed by atoms with Crippen LogP contribution in [0.1, 0.15) is 23.2 Å². The van der Waals surface area contributed by atoms with Crippen molar-refractivity contribution in [3.8, 4) is 0 Å². The van der Waals surface area contributed by atoms with E-state index in [0.29, 0.717) is 0 Å². The summed E-state index contributed by atoms with van der Waals surface area (Å²) in [5.41, 5.74) is -0.656. The number of nitrogens with zero attached hydrogens (tertiary/aromatic N) is 1. The van der Waals surface area contributed by atoms with E-state index in [1.165, 1.54) is 0 Å². The predicted molar refractivity (Wildman–Crippen MR) is 55.1 cm³/mol. The molecule has 88 valence electrons. The molecule has 0 saturated carbocycles. The van der Waals surface area contributed by atoms with E-state index in [9.17, 15) is 13.6 Å². The van der Waals surface area contributed by atoms with Crippen LogP contribution in [0.2, 0.25) is 5.02 Å². The molecular weight excluding hydrogens is 263 g/mol. The summed E-state index contributed by atoms with van der Waals surface area (Å²) >= 11 is 11.1. The predicted octanol–water partition coefficient (Wildman–Crippen LogP) is 3.04. The van der Waals surface area contributed by atoms with Crippen LogP contribution in [0.4, 0.5) is 8.78 Å². The van der Waals surface area contributed by atoms with Crippen molar-refractivity contribution in [1.82, 2.24) is 4.98 Å². The molecule has 0 radical (unpaired) electrons. The van der Waals surface area contributed by atoms with Gasteiger partial charge in [-0.15, -0.1) is 11.6 Å². The van der Waals surface area contributed by atoms with E-state index in [4.69, 9.17) is 28.3 Å². The molecule has 1 rings (SSSR count). The smallest absolute Gasteiger partial charge is 0.307 e.